The molecule has 0 saturated carbocycles. The summed E-state index contributed by atoms with van der Waals surface area (Å²) in [6.45, 7) is 1.07. The Morgan fingerprint density at radius 3 is 2.57 bits per heavy atom. The Bertz CT molecular complexity index is 1120. The van der Waals surface area contributed by atoms with Crippen molar-refractivity contribution in [1.82, 2.24) is 19.8 Å². The number of rotatable bonds is 6. The van der Waals surface area contributed by atoms with Crippen LogP contribution >= 0.6 is 0 Å². The Balaban J connectivity index is 1.43. The standard InChI is InChI=1S/C21H22N4O4S/c26-21(22-15-19-23-20(24-29-19)16-8-3-1-4-9-16)17-10-7-11-18(14-17)30(27,28)25-12-5-2-6-13-25/h1,3-4,7-11,14H,2,5-6,12-13,15H2,(H,22,26). The SMILES string of the molecule is O=C(NCc1nc(-c2ccccc2)no1)c1cccc(S(=O)(=O)N2CCCCC2)c1. The van der Waals surface area contributed by atoms with Crippen LogP contribution in [0.2, 0.25) is 0 Å². The van der Waals surface area contributed by atoms with Crippen molar-refractivity contribution in [2.45, 2.75) is 30.7 Å². The van der Waals surface area contributed by atoms with Gasteiger partial charge in [0.25, 0.3) is 5.91 Å². The molecule has 0 radical (unpaired) electrons. The highest BCUT2D eigenvalue weighted by Crippen LogP contribution is 2.21. The summed E-state index contributed by atoms with van der Waals surface area (Å²) in [6, 6.07) is 15.4. The fraction of sp³-hybridized carbons (Fsp3) is 0.286. The van der Waals surface area contributed by atoms with E-state index in [4.69, 9.17) is 4.52 Å². The number of nitrogens with zero attached hydrogens (tertiary/aromatic N) is 3. The lowest BCUT2D eigenvalue weighted by molar-refractivity contribution is 0.0946. The minimum atomic E-state index is -3.60. The Kier molecular flexibility index (Phi) is 5.91. The number of carbonyl (C=O) groups excluding carboxylic acids is 1. The van der Waals surface area contributed by atoms with Gasteiger partial charge in [-0.2, -0.15) is 9.29 Å². The molecular weight excluding hydrogens is 404 g/mol. The smallest absolute Gasteiger partial charge is 0.251 e. The summed E-state index contributed by atoms with van der Waals surface area (Å²) in [6.07, 6.45) is 2.75. The van der Waals surface area contributed by atoms with Crippen LogP contribution in [0.4, 0.5) is 0 Å². The molecule has 1 aliphatic rings. The van der Waals surface area contributed by atoms with Crippen molar-refractivity contribution in [2.75, 3.05) is 13.1 Å². The third kappa shape index (κ3) is 4.42. The summed E-state index contributed by atoms with van der Waals surface area (Å²) in [5.74, 6) is 0.291. The molecule has 2 heterocycles. The fourth-order valence-corrected chi connectivity index (χ4v) is 4.90. The second-order valence-electron chi connectivity index (χ2n) is 7.05. The lowest BCUT2D eigenvalue weighted by Gasteiger charge is -2.26. The van der Waals surface area contributed by atoms with E-state index in [0.29, 0.717) is 18.9 Å². The van der Waals surface area contributed by atoms with Gasteiger partial charge in [0.1, 0.15) is 0 Å². The fourth-order valence-electron chi connectivity index (χ4n) is 3.34. The van der Waals surface area contributed by atoms with Crippen LogP contribution in [0.1, 0.15) is 35.5 Å². The number of hydrogen-bond donors (Lipinski definition) is 1. The lowest BCUT2D eigenvalue weighted by Crippen LogP contribution is -2.35. The van der Waals surface area contributed by atoms with Crippen molar-refractivity contribution in [3.05, 3.63) is 66.1 Å². The van der Waals surface area contributed by atoms with Gasteiger partial charge < -0.3 is 9.84 Å². The Morgan fingerprint density at radius 2 is 1.80 bits per heavy atom. The first kappa shape index (κ1) is 20.2. The van der Waals surface area contributed by atoms with E-state index in [1.807, 2.05) is 30.3 Å². The number of nitrogens with one attached hydrogen (secondary N) is 1. The number of piperidine rings is 1. The van der Waals surface area contributed by atoms with Crippen LogP contribution < -0.4 is 5.32 Å². The third-order valence-corrected chi connectivity index (χ3v) is 6.84. The maximum atomic E-state index is 12.8. The molecular formula is C21H22N4O4S. The molecule has 1 amide bonds. The van der Waals surface area contributed by atoms with Crippen LogP contribution in [-0.4, -0.2) is 41.9 Å². The second-order valence-corrected chi connectivity index (χ2v) is 8.99. The first-order valence-electron chi connectivity index (χ1n) is 9.80. The summed E-state index contributed by atoms with van der Waals surface area (Å²) in [4.78, 5) is 16.9. The summed E-state index contributed by atoms with van der Waals surface area (Å²) in [7, 11) is -3.60. The van der Waals surface area contributed by atoms with Gasteiger partial charge in [-0.1, -0.05) is 48.0 Å². The number of hydrogen-bond acceptors (Lipinski definition) is 6. The molecule has 1 fully saturated rings. The largest absolute Gasteiger partial charge is 0.343 e. The highest BCUT2D eigenvalue weighted by molar-refractivity contribution is 7.89. The highest BCUT2D eigenvalue weighted by Gasteiger charge is 2.26. The predicted octanol–water partition coefficient (Wildman–Crippen LogP) is 2.84. The number of amides is 1. The number of sulfonamides is 1. The van der Waals surface area contributed by atoms with Crippen LogP contribution in [0.25, 0.3) is 11.4 Å². The van der Waals surface area contributed by atoms with Crippen molar-refractivity contribution < 1.29 is 17.7 Å². The molecule has 2 aromatic carbocycles. The van der Waals surface area contributed by atoms with E-state index in [0.717, 1.165) is 24.8 Å². The molecule has 1 aliphatic heterocycles. The van der Waals surface area contributed by atoms with E-state index in [1.165, 1.54) is 16.4 Å². The van der Waals surface area contributed by atoms with Crippen molar-refractivity contribution in [3.8, 4) is 11.4 Å². The van der Waals surface area contributed by atoms with Crippen LogP contribution in [0.3, 0.4) is 0 Å². The molecule has 0 bridgehead atoms. The van der Waals surface area contributed by atoms with Gasteiger partial charge in [-0.25, -0.2) is 8.42 Å². The maximum Gasteiger partial charge on any atom is 0.251 e. The lowest BCUT2D eigenvalue weighted by atomic mass is 10.2. The topological polar surface area (TPSA) is 105 Å². The third-order valence-electron chi connectivity index (χ3n) is 4.95. The van der Waals surface area contributed by atoms with E-state index < -0.39 is 15.9 Å². The zero-order valence-electron chi connectivity index (χ0n) is 16.3. The molecule has 3 aromatic rings. The number of aromatic nitrogens is 2. The summed E-state index contributed by atoms with van der Waals surface area (Å²) >= 11 is 0. The van der Waals surface area contributed by atoms with Gasteiger partial charge >= 0.3 is 0 Å². The van der Waals surface area contributed by atoms with Gasteiger partial charge in [-0.15, -0.1) is 0 Å². The van der Waals surface area contributed by atoms with E-state index in [-0.39, 0.29) is 22.9 Å². The molecule has 4 rings (SSSR count). The summed E-state index contributed by atoms with van der Waals surface area (Å²) in [5.41, 5.74) is 1.07. The molecule has 0 spiro atoms. The highest BCUT2D eigenvalue weighted by atomic mass is 32.2. The second kappa shape index (κ2) is 8.76. The average molecular weight is 426 g/mol. The monoisotopic (exact) mass is 426 g/mol. The first-order chi connectivity index (χ1) is 14.5. The quantitative estimate of drug-likeness (QED) is 0.650. The van der Waals surface area contributed by atoms with E-state index in [2.05, 4.69) is 15.5 Å². The molecule has 156 valence electrons. The van der Waals surface area contributed by atoms with Crippen molar-refractivity contribution >= 4 is 15.9 Å². The minimum Gasteiger partial charge on any atom is -0.343 e. The van der Waals surface area contributed by atoms with Crippen LogP contribution in [-0.2, 0) is 16.6 Å². The van der Waals surface area contributed by atoms with E-state index in [9.17, 15) is 13.2 Å². The van der Waals surface area contributed by atoms with Gasteiger partial charge in [0.05, 0.1) is 11.4 Å². The first-order valence-corrected chi connectivity index (χ1v) is 11.2. The Labute approximate surface area is 175 Å². The zero-order chi connectivity index (χ0) is 21.0. The summed E-state index contributed by atoms with van der Waals surface area (Å²) < 4.78 is 32.3. The molecule has 9 heteroatoms. The molecule has 1 N–H and O–H groups in total. The van der Waals surface area contributed by atoms with Crippen LogP contribution in [0.5, 0.6) is 0 Å². The number of carbonyl (C=O) groups is 1. The molecule has 30 heavy (non-hydrogen) atoms. The molecule has 1 saturated heterocycles. The van der Waals surface area contributed by atoms with Crippen LogP contribution in [0.15, 0.2) is 64.0 Å². The van der Waals surface area contributed by atoms with Crippen molar-refractivity contribution in [2.24, 2.45) is 0 Å². The van der Waals surface area contributed by atoms with Gasteiger partial charge in [0, 0.05) is 24.2 Å². The molecule has 0 atom stereocenters. The summed E-state index contributed by atoms with van der Waals surface area (Å²) in [5, 5.41) is 6.61. The maximum absolute atomic E-state index is 12.8. The van der Waals surface area contributed by atoms with E-state index >= 15 is 0 Å². The van der Waals surface area contributed by atoms with E-state index in [1.54, 1.807) is 12.1 Å². The van der Waals surface area contributed by atoms with Crippen molar-refractivity contribution in [3.63, 3.8) is 0 Å². The number of benzene rings is 2. The minimum absolute atomic E-state index is 0.0434. The Morgan fingerprint density at radius 1 is 1.03 bits per heavy atom. The molecule has 8 nitrogen and oxygen atoms in total. The van der Waals surface area contributed by atoms with Crippen LogP contribution in [0, 0.1) is 0 Å². The molecule has 0 unspecified atom stereocenters. The Hall–Kier alpha value is -3.04. The van der Waals surface area contributed by atoms with Gasteiger partial charge in [-0.3, -0.25) is 4.79 Å². The van der Waals surface area contributed by atoms with Gasteiger partial charge in [0.2, 0.25) is 21.7 Å². The predicted molar refractivity (Wildman–Crippen MR) is 110 cm³/mol. The van der Waals surface area contributed by atoms with Crippen molar-refractivity contribution in [1.29, 1.82) is 0 Å². The molecule has 1 aromatic heterocycles. The molecule has 0 aliphatic carbocycles. The normalized spacial score (nSPS) is 15.1. The van der Waals surface area contributed by atoms with Gasteiger partial charge in [-0.05, 0) is 31.0 Å². The zero-order valence-corrected chi connectivity index (χ0v) is 17.1. The van der Waals surface area contributed by atoms with Gasteiger partial charge in [0.15, 0.2) is 0 Å². The average Bonchev–Trinajstić information content (AvgIpc) is 3.28.